The van der Waals surface area contributed by atoms with Gasteiger partial charge >= 0.3 is 0 Å². The van der Waals surface area contributed by atoms with Crippen molar-refractivity contribution in [2.24, 2.45) is 5.92 Å². The molecule has 1 unspecified atom stereocenters. The first kappa shape index (κ1) is 13.0. The van der Waals surface area contributed by atoms with Gasteiger partial charge in [0, 0.05) is 0 Å². The second-order valence-electron chi connectivity index (χ2n) is 4.34. The molecule has 0 saturated heterocycles. The van der Waals surface area contributed by atoms with Crippen molar-refractivity contribution in [2.45, 2.75) is 52.9 Å². The Labute approximate surface area is 84.5 Å². The number of hydrogen-bond donors (Lipinski definition) is 0. The van der Waals surface area contributed by atoms with Crippen LogP contribution in [0.5, 0.6) is 0 Å². The van der Waals surface area contributed by atoms with Crippen molar-refractivity contribution in [2.75, 3.05) is 20.1 Å². The Hall–Kier alpha value is -0.0400. The van der Waals surface area contributed by atoms with Crippen molar-refractivity contribution < 1.29 is 0 Å². The summed E-state index contributed by atoms with van der Waals surface area (Å²) in [6.45, 7) is 9.46. The molecule has 0 fully saturated rings. The van der Waals surface area contributed by atoms with Crippen LogP contribution >= 0.6 is 0 Å². The highest BCUT2D eigenvalue weighted by molar-refractivity contribution is 4.57. The number of hydrogen-bond acceptors (Lipinski definition) is 1. The summed E-state index contributed by atoms with van der Waals surface area (Å²) in [7, 11) is 2.24. The fourth-order valence-corrected chi connectivity index (χ4v) is 1.62. The Morgan fingerprint density at radius 2 is 1.69 bits per heavy atom. The number of rotatable bonds is 8. The average molecular weight is 185 g/mol. The standard InChI is InChI=1S/C12H27N/c1-5-7-10-13(4)11-9-12(3)8-6-2/h12H,5-11H2,1-4H3. The molecule has 0 aliphatic rings. The van der Waals surface area contributed by atoms with Gasteiger partial charge in [-0.3, -0.25) is 0 Å². The minimum atomic E-state index is 0.911. The van der Waals surface area contributed by atoms with Crippen LogP contribution in [0.4, 0.5) is 0 Å². The molecule has 0 aromatic carbocycles. The molecule has 0 radical (unpaired) electrons. The van der Waals surface area contributed by atoms with Gasteiger partial charge in [0.1, 0.15) is 0 Å². The molecule has 0 bridgehead atoms. The van der Waals surface area contributed by atoms with Gasteiger partial charge in [-0.15, -0.1) is 0 Å². The van der Waals surface area contributed by atoms with Crippen LogP contribution in [-0.4, -0.2) is 25.0 Å². The summed E-state index contributed by atoms with van der Waals surface area (Å²) >= 11 is 0. The minimum absolute atomic E-state index is 0.911. The smallest absolute Gasteiger partial charge is 0.00192 e. The van der Waals surface area contributed by atoms with Crippen LogP contribution in [0.3, 0.4) is 0 Å². The highest BCUT2D eigenvalue weighted by Crippen LogP contribution is 2.10. The third-order valence-corrected chi connectivity index (χ3v) is 2.68. The van der Waals surface area contributed by atoms with E-state index in [1.54, 1.807) is 0 Å². The molecule has 1 atom stereocenters. The molecular weight excluding hydrogens is 158 g/mol. The predicted octanol–water partition coefficient (Wildman–Crippen LogP) is 3.54. The largest absolute Gasteiger partial charge is 0.306 e. The molecule has 0 amide bonds. The highest BCUT2D eigenvalue weighted by atomic mass is 15.1. The van der Waals surface area contributed by atoms with Crippen LogP contribution in [0, 0.1) is 5.92 Å². The second-order valence-corrected chi connectivity index (χ2v) is 4.34. The molecule has 80 valence electrons. The van der Waals surface area contributed by atoms with E-state index in [1.165, 1.54) is 45.2 Å². The third-order valence-electron chi connectivity index (χ3n) is 2.68. The lowest BCUT2D eigenvalue weighted by Crippen LogP contribution is -2.22. The van der Waals surface area contributed by atoms with Gasteiger partial charge in [-0.2, -0.15) is 0 Å². The Kier molecular flexibility index (Phi) is 8.53. The van der Waals surface area contributed by atoms with Gasteiger partial charge in [0.25, 0.3) is 0 Å². The zero-order valence-corrected chi connectivity index (χ0v) is 9.97. The van der Waals surface area contributed by atoms with Crippen LogP contribution in [0.1, 0.15) is 52.9 Å². The van der Waals surface area contributed by atoms with Crippen molar-refractivity contribution in [3.8, 4) is 0 Å². The molecule has 1 nitrogen and oxygen atoms in total. The summed E-state index contributed by atoms with van der Waals surface area (Å²) in [6, 6.07) is 0. The summed E-state index contributed by atoms with van der Waals surface area (Å²) in [5.41, 5.74) is 0. The van der Waals surface area contributed by atoms with Crippen LogP contribution in [0.25, 0.3) is 0 Å². The van der Waals surface area contributed by atoms with Crippen molar-refractivity contribution >= 4 is 0 Å². The second kappa shape index (κ2) is 8.55. The van der Waals surface area contributed by atoms with Crippen molar-refractivity contribution in [1.82, 2.24) is 4.90 Å². The summed E-state index contributed by atoms with van der Waals surface area (Å²) in [4.78, 5) is 2.47. The predicted molar refractivity (Wildman–Crippen MR) is 61.1 cm³/mol. The molecule has 0 aromatic rings. The van der Waals surface area contributed by atoms with Crippen LogP contribution < -0.4 is 0 Å². The van der Waals surface area contributed by atoms with E-state index < -0.39 is 0 Å². The van der Waals surface area contributed by atoms with Crippen LogP contribution in [-0.2, 0) is 0 Å². The fraction of sp³-hybridized carbons (Fsp3) is 1.00. The summed E-state index contributed by atoms with van der Waals surface area (Å²) in [6.07, 6.45) is 6.75. The molecule has 1 heteroatoms. The van der Waals surface area contributed by atoms with E-state index in [-0.39, 0.29) is 0 Å². The summed E-state index contributed by atoms with van der Waals surface area (Å²) in [5, 5.41) is 0. The van der Waals surface area contributed by atoms with Gasteiger partial charge in [-0.1, -0.05) is 40.0 Å². The molecule has 0 N–H and O–H groups in total. The summed E-state index contributed by atoms with van der Waals surface area (Å²) in [5.74, 6) is 0.911. The van der Waals surface area contributed by atoms with Gasteiger partial charge in [0.05, 0.1) is 0 Å². The molecule has 0 aliphatic carbocycles. The Morgan fingerprint density at radius 1 is 1.00 bits per heavy atom. The maximum Gasteiger partial charge on any atom is -0.00192 e. The summed E-state index contributed by atoms with van der Waals surface area (Å²) < 4.78 is 0. The van der Waals surface area contributed by atoms with Gasteiger partial charge in [0.2, 0.25) is 0 Å². The zero-order valence-electron chi connectivity index (χ0n) is 9.97. The first-order valence-corrected chi connectivity index (χ1v) is 5.89. The van der Waals surface area contributed by atoms with E-state index >= 15 is 0 Å². The fourth-order valence-electron chi connectivity index (χ4n) is 1.62. The van der Waals surface area contributed by atoms with E-state index in [1.807, 2.05) is 0 Å². The van der Waals surface area contributed by atoms with Crippen molar-refractivity contribution in [3.05, 3.63) is 0 Å². The molecular formula is C12H27N. The van der Waals surface area contributed by atoms with Crippen LogP contribution in [0.2, 0.25) is 0 Å². The molecule has 0 spiro atoms. The van der Waals surface area contributed by atoms with Gasteiger partial charge in [-0.25, -0.2) is 0 Å². The lowest BCUT2D eigenvalue weighted by molar-refractivity contribution is 0.296. The van der Waals surface area contributed by atoms with Gasteiger partial charge < -0.3 is 4.90 Å². The zero-order chi connectivity index (χ0) is 10.1. The van der Waals surface area contributed by atoms with Crippen molar-refractivity contribution in [1.29, 1.82) is 0 Å². The van der Waals surface area contributed by atoms with Crippen LogP contribution in [0.15, 0.2) is 0 Å². The lowest BCUT2D eigenvalue weighted by Gasteiger charge is -2.18. The molecule has 0 rings (SSSR count). The maximum absolute atomic E-state index is 2.47. The highest BCUT2D eigenvalue weighted by Gasteiger charge is 2.02. The quantitative estimate of drug-likeness (QED) is 0.559. The molecule has 0 heterocycles. The van der Waals surface area contributed by atoms with E-state index in [9.17, 15) is 0 Å². The van der Waals surface area contributed by atoms with Gasteiger partial charge in [0.15, 0.2) is 0 Å². The Balaban J connectivity index is 3.29. The number of unbranched alkanes of at least 4 members (excludes halogenated alkanes) is 1. The molecule has 0 aliphatic heterocycles. The minimum Gasteiger partial charge on any atom is -0.306 e. The first-order chi connectivity index (χ1) is 6.20. The van der Waals surface area contributed by atoms with E-state index in [0.29, 0.717) is 0 Å². The van der Waals surface area contributed by atoms with Crippen molar-refractivity contribution in [3.63, 3.8) is 0 Å². The molecule has 0 aromatic heterocycles. The third kappa shape index (κ3) is 8.29. The topological polar surface area (TPSA) is 3.24 Å². The SMILES string of the molecule is CCCCN(C)CCC(C)CCC. The Morgan fingerprint density at radius 3 is 2.23 bits per heavy atom. The Bertz CT molecular complexity index is 101. The maximum atomic E-state index is 2.47. The van der Waals surface area contributed by atoms with E-state index in [4.69, 9.17) is 0 Å². The van der Waals surface area contributed by atoms with E-state index in [0.717, 1.165) is 5.92 Å². The monoisotopic (exact) mass is 185 g/mol. The first-order valence-electron chi connectivity index (χ1n) is 5.89. The van der Waals surface area contributed by atoms with E-state index in [2.05, 4.69) is 32.7 Å². The normalized spacial score (nSPS) is 13.6. The molecule has 0 saturated carbocycles. The average Bonchev–Trinajstić information content (AvgIpc) is 2.12. The van der Waals surface area contributed by atoms with Gasteiger partial charge in [-0.05, 0) is 38.9 Å². The number of nitrogens with zero attached hydrogens (tertiary/aromatic N) is 1. The lowest BCUT2D eigenvalue weighted by atomic mass is 10.0. The molecule has 13 heavy (non-hydrogen) atoms.